The van der Waals surface area contributed by atoms with E-state index in [0.29, 0.717) is 11.8 Å². The molecule has 2 aromatic heterocycles. The Kier molecular flexibility index (Phi) is 2.48. The molecule has 0 saturated carbocycles. The number of allylic oxidation sites excluding steroid dienone is 1. The second-order valence-electron chi connectivity index (χ2n) is 4.74. The van der Waals surface area contributed by atoms with Gasteiger partial charge in [-0.2, -0.15) is 9.61 Å². The molecule has 90 valence electrons. The van der Waals surface area contributed by atoms with Crippen molar-refractivity contribution in [3.8, 4) is 0 Å². The lowest BCUT2D eigenvalue weighted by atomic mass is 10.1. The van der Waals surface area contributed by atoms with E-state index in [4.69, 9.17) is 5.73 Å². The first-order chi connectivity index (χ1) is 8.15. The van der Waals surface area contributed by atoms with Gasteiger partial charge in [0.15, 0.2) is 5.82 Å². The van der Waals surface area contributed by atoms with Gasteiger partial charge in [0.1, 0.15) is 5.01 Å². The van der Waals surface area contributed by atoms with Crippen molar-refractivity contribution in [2.75, 3.05) is 0 Å². The molecule has 2 heterocycles. The summed E-state index contributed by atoms with van der Waals surface area (Å²) < 4.78 is 1.86. The van der Waals surface area contributed by atoms with Gasteiger partial charge in [-0.25, -0.2) is 0 Å². The SMILES string of the molecule is CC(C)c1nnc2sc(C3C=CC(N)C3)nn12. The average Bonchev–Trinajstić information content (AvgIpc) is 2.89. The van der Waals surface area contributed by atoms with Crippen molar-refractivity contribution in [3.05, 3.63) is 23.0 Å². The first kappa shape index (κ1) is 10.9. The lowest BCUT2D eigenvalue weighted by molar-refractivity contribution is 0.676. The molecule has 5 nitrogen and oxygen atoms in total. The molecule has 2 N–H and O–H groups in total. The van der Waals surface area contributed by atoms with Gasteiger partial charge in [0, 0.05) is 17.9 Å². The molecule has 0 aromatic carbocycles. The van der Waals surface area contributed by atoms with E-state index in [1.165, 1.54) is 0 Å². The monoisotopic (exact) mass is 249 g/mol. The van der Waals surface area contributed by atoms with E-state index in [2.05, 4.69) is 41.3 Å². The van der Waals surface area contributed by atoms with Crippen LogP contribution in [0.15, 0.2) is 12.2 Å². The molecule has 3 rings (SSSR count). The highest BCUT2D eigenvalue weighted by Crippen LogP contribution is 2.31. The minimum Gasteiger partial charge on any atom is -0.324 e. The zero-order chi connectivity index (χ0) is 12.0. The molecule has 1 aliphatic carbocycles. The normalized spacial score (nSPS) is 24.2. The van der Waals surface area contributed by atoms with Gasteiger partial charge in [-0.15, -0.1) is 10.2 Å². The Balaban J connectivity index is 2.00. The van der Waals surface area contributed by atoms with E-state index < -0.39 is 0 Å². The van der Waals surface area contributed by atoms with Crippen molar-refractivity contribution < 1.29 is 0 Å². The lowest BCUT2D eigenvalue weighted by Crippen LogP contribution is -2.14. The van der Waals surface area contributed by atoms with E-state index in [1.807, 2.05) is 4.52 Å². The molecule has 0 amide bonds. The van der Waals surface area contributed by atoms with Crippen molar-refractivity contribution in [1.29, 1.82) is 0 Å². The van der Waals surface area contributed by atoms with Gasteiger partial charge < -0.3 is 5.73 Å². The molecule has 6 heteroatoms. The molecule has 0 aliphatic heterocycles. The number of fused-ring (bicyclic) bond motifs is 1. The summed E-state index contributed by atoms with van der Waals surface area (Å²) in [5.41, 5.74) is 5.87. The quantitative estimate of drug-likeness (QED) is 0.822. The maximum Gasteiger partial charge on any atom is 0.234 e. The van der Waals surface area contributed by atoms with Gasteiger partial charge in [-0.05, 0) is 6.42 Å². The first-order valence-corrected chi connectivity index (χ1v) is 6.62. The maximum atomic E-state index is 5.87. The predicted molar refractivity (Wildman–Crippen MR) is 67.2 cm³/mol. The van der Waals surface area contributed by atoms with E-state index in [1.54, 1.807) is 11.3 Å². The van der Waals surface area contributed by atoms with Crippen LogP contribution in [0, 0.1) is 0 Å². The molecule has 0 bridgehead atoms. The van der Waals surface area contributed by atoms with Crippen molar-refractivity contribution in [1.82, 2.24) is 19.8 Å². The Morgan fingerprint density at radius 1 is 1.41 bits per heavy atom. The highest BCUT2D eigenvalue weighted by atomic mass is 32.1. The first-order valence-electron chi connectivity index (χ1n) is 5.81. The van der Waals surface area contributed by atoms with Crippen LogP contribution in [0.1, 0.15) is 42.9 Å². The number of nitrogens with zero attached hydrogens (tertiary/aromatic N) is 4. The van der Waals surface area contributed by atoms with Gasteiger partial charge >= 0.3 is 0 Å². The number of hydrogen-bond donors (Lipinski definition) is 1. The van der Waals surface area contributed by atoms with Gasteiger partial charge in [-0.1, -0.05) is 37.3 Å². The fourth-order valence-electron chi connectivity index (χ4n) is 2.07. The fourth-order valence-corrected chi connectivity index (χ4v) is 3.01. The van der Waals surface area contributed by atoms with Crippen LogP contribution in [-0.4, -0.2) is 25.9 Å². The Morgan fingerprint density at radius 2 is 2.24 bits per heavy atom. The third-order valence-electron chi connectivity index (χ3n) is 2.98. The van der Waals surface area contributed by atoms with Crippen molar-refractivity contribution in [3.63, 3.8) is 0 Å². The van der Waals surface area contributed by atoms with Gasteiger partial charge in [0.2, 0.25) is 4.96 Å². The minimum atomic E-state index is 0.166. The van der Waals surface area contributed by atoms with Crippen LogP contribution in [0.4, 0.5) is 0 Å². The summed E-state index contributed by atoms with van der Waals surface area (Å²) in [7, 11) is 0. The van der Waals surface area contributed by atoms with Gasteiger partial charge in [0.25, 0.3) is 0 Å². The Morgan fingerprint density at radius 3 is 2.88 bits per heavy atom. The third kappa shape index (κ3) is 1.77. The highest BCUT2D eigenvalue weighted by Gasteiger charge is 2.23. The zero-order valence-electron chi connectivity index (χ0n) is 9.87. The van der Waals surface area contributed by atoms with Crippen LogP contribution in [0.2, 0.25) is 0 Å². The van der Waals surface area contributed by atoms with Gasteiger partial charge in [0.05, 0.1) is 0 Å². The van der Waals surface area contributed by atoms with Crippen LogP contribution in [-0.2, 0) is 0 Å². The Hall–Kier alpha value is -1.27. The summed E-state index contributed by atoms with van der Waals surface area (Å²) in [5.74, 6) is 1.60. The molecule has 2 unspecified atom stereocenters. The molecular weight excluding hydrogens is 234 g/mol. The standard InChI is InChI=1S/C11H15N5S/c1-6(2)9-13-14-11-16(9)15-10(17-11)7-3-4-8(12)5-7/h3-4,6-8H,5,12H2,1-2H3. The molecule has 1 aliphatic rings. The van der Waals surface area contributed by atoms with Crippen LogP contribution in [0.5, 0.6) is 0 Å². The fraction of sp³-hybridized carbons (Fsp3) is 0.545. The summed E-state index contributed by atoms with van der Waals surface area (Å²) >= 11 is 1.61. The summed E-state index contributed by atoms with van der Waals surface area (Å²) in [6.45, 7) is 4.20. The Bertz CT molecular complexity index is 567. The maximum absolute atomic E-state index is 5.87. The summed E-state index contributed by atoms with van der Waals surface area (Å²) in [6, 6.07) is 0.166. The van der Waals surface area contributed by atoms with Crippen LogP contribution < -0.4 is 5.73 Å². The topological polar surface area (TPSA) is 69.1 Å². The largest absolute Gasteiger partial charge is 0.324 e. The van der Waals surface area contributed by atoms with E-state index >= 15 is 0 Å². The summed E-state index contributed by atoms with van der Waals surface area (Å²) in [5, 5.41) is 14.0. The molecule has 0 spiro atoms. The van der Waals surface area contributed by atoms with Gasteiger partial charge in [-0.3, -0.25) is 0 Å². The molecular formula is C11H15N5S. The molecule has 0 saturated heterocycles. The number of nitrogens with two attached hydrogens (primary N) is 1. The van der Waals surface area contributed by atoms with Crippen LogP contribution in [0.3, 0.4) is 0 Å². The lowest BCUT2D eigenvalue weighted by Gasteiger charge is -2.04. The van der Waals surface area contributed by atoms with E-state index in [0.717, 1.165) is 22.2 Å². The minimum absolute atomic E-state index is 0.166. The average molecular weight is 249 g/mol. The molecule has 0 radical (unpaired) electrons. The predicted octanol–water partition coefficient (Wildman–Crippen LogP) is 1.68. The van der Waals surface area contributed by atoms with Crippen molar-refractivity contribution in [2.45, 2.75) is 38.1 Å². The molecule has 0 fully saturated rings. The highest BCUT2D eigenvalue weighted by molar-refractivity contribution is 7.16. The van der Waals surface area contributed by atoms with E-state index in [9.17, 15) is 0 Å². The zero-order valence-corrected chi connectivity index (χ0v) is 10.7. The van der Waals surface area contributed by atoms with E-state index in [-0.39, 0.29) is 6.04 Å². The Labute approximate surface area is 103 Å². The third-order valence-corrected chi connectivity index (χ3v) is 4.01. The number of rotatable bonds is 2. The van der Waals surface area contributed by atoms with Crippen LogP contribution in [0.25, 0.3) is 4.96 Å². The number of aromatic nitrogens is 4. The van der Waals surface area contributed by atoms with Crippen molar-refractivity contribution in [2.24, 2.45) is 5.73 Å². The summed E-state index contributed by atoms with van der Waals surface area (Å²) in [4.78, 5) is 0.873. The molecule has 2 aromatic rings. The number of hydrogen-bond acceptors (Lipinski definition) is 5. The second kappa shape index (κ2) is 3.89. The summed E-state index contributed by atoms with van der Waals surface area (Å²) in [6.07, 6.45) is 5.14. The molecule has 2 atom stereocenters. The molecule has 17 heavy (non-hydrogen) atoms. The second-order valence-corrected chi connectivity index (χ2v) is 5.73. The van der Waals surface area contributed by atoms with Crippen molar-refractivity contribution >= 4 is 16.3 Å². The van der Waals surface area contributed by atoms with Crippen LogP contribution >= 0.6 is 11.3 Å². The smallest absolute Gasteiger partial charge is 0.234 e.